The maximum absolute atomic E-state index is 11.8. The number of carboxylic acid groups (broad SMARTS) is 1. The third-order valence-corrected chi connectivity index (χ3v) is 4.27. The topological polar surface area (TPSA) is 75.6 Å². The molecule has 0 saturated heterocycles. The van der Waals surface area contributed by atoms with Crippen LogP contribution in [0.1, 0.15) is 48.2 Å². The minimum Gasteiger partial charge on any atom is -0.483 e. The third-order valence-electron chi connectivity index (χ3n) is 3.38. The molecule has 1 saturated carbocycles. The van der Waals surface area contributed by atoms with Crippen molar-refractivity contribution in [3.8, 4) is 5.75 Å². The molecule has 0 aliphatic heterocycles. The van der Waals surface area contributed by atoms with Crippen molar-refractivity contribution in [1.29, 1.82) is 0 Å². The molecule has 2 rings (SSSR count). The molecular weight excluding hydrogens is 278 g/mol. The minimum atomic E-state index is -0.979. The van der Waals surface area contributed by atoms with E-state index in [0.29, 0.717) is 5.75 Å². The first-order valence-electron chi connectivity index (χ1n) is 6.89. The Morgan fingerprint density at radius 1 is 1.30 bits per heavy atom. The van der Waals surface area contributed by atoms with Gasteiger partial charge in [0.15, 0.2) is 6.61 Å². The van der Waals surface area contributed by atoms with Gasteiger partial charge in [0.25, 0.3) is 5.91 Å². The first-order valence-corrected chi connectivity index (χ1v) is 7.77. The summed E-state index contributed by atoms with van der Waals surface area (Å²) in [5.74, 6) is -0.684. The summed E-state index contributed by atoms with van der Waals surface area (Å²) in [5, 5.41) is 13.4. The number of carbonyl (C=O) groups is 2. The maximum atomic E-state index is 11.8. The van der Waals surface area contributed by atoms with Gasteiger partial charge in [-0.15, -0.1) is 11.3 Å². The molecular formula is C14H19NO4S. The van der Waals surface area contributed by atoms with E-state index in [1.807, 2.05) is 0 Å². The van der Waals surface area contributed by atoms with E-state index in [1.165, 1.54) is 18.9 Å². The van der Waals surface area contributed by atoms with Crippen LogP contribution in [0.2, 0.25) is 0 Å². The molecule has 0 radical (unpaired) electrons. The van der Waals surface area contributed by atoms with E-state index in [-0.39, 0.29) is 23.4 Å². The second-order valence-electron chi connectivity index (χ2n) is 5.00. The zero-order valence-electron chi connectivity index (χ0n) is 11.3. The molecule has 0 unspecified atom stereocenters. The number of carboxylic acids is 1. The van der Waals surface area contributed by atoms with Crippen LogP contribution in [0.5, 0.6) is 5.75 Å². The Kier molecular flexibility index (Phi) is 5.40. The zero-order chi connectivity index (χ0) is 14.4. The molecule has 1 aliphatic carbocycles. The van der Waals surface area contributed by atoms with Gasteiger partial charge in [-0.25, -0.2) is 4.79 Å². The van der Waals surface area contributed by atoms with E-state index >= 15 is 0 Å². The lowest BCUT2D eigenvalue weighted by atomic mass is 10.1. The lowest BCUT2D eigenvalue weighted by molar-refractivity contribution is -0.123. The number of nitrogens with one attached hydrogen (secondary N) is 1. The molecule has 6 heteroatoms. The number of thiophene rings is 1. The van der Waals surface area contributed by atoms with Gasteiger partial charge in [0.1, 0.15) is 10.6 Å². The Hall–Kier alpha value is -1.56. The average Bonchev–Trinajstić information content (AvgIpc) is 2.75. The summed E-state index contributed by atoms with van der Waals surface area (Å²) in [4.78, 5) is 22.7. The average molecular weight is 297 g/mol. The first-order chi connectivity index (χ1) is 9.65. The number of hydrogen-bond acceptors (Lipinski definition) is 4. The molecule has 1 aromatic rings. The Morgan fingerprint density at radius 3 is 2.60 bits per heavy atom. The number of amides is 1. The van der Waals surface area contributed by atoms with Crippen LogP contribution in [0.3, 0.4) is 0 Å². The van der Waals surface area contributed by atoms with Gasteiger partial charge in [-0.2, -0.15) is 0 Å². The van der Waals surface area contributed by atoms with Crippen molar-refractivity contribution < 1.29 is 19.4 Å². The summed E-state index contributed by atoms with van der Waals surface area (Å²) in [7, 11) is 0. The summed E-state index contributed by atoms with van der Waals surface area (Å²) in [6, 6.07) is 1.69. The van der Waals surface area contributed by atoms with E-state index in [1.54, 1.807) is 5.38 Å². The first kappa shape index (κ1) is 14.8. The molecule has 1 aromatic heterocycles. The normalized spacial score (nSPS) is 16.4. The van der Waals surface area contributed by atoms with Crippen molar-refractivity contribution in [2.24, 2.45) is 0 Å². The van der Waals surface area contributed by atoms with E-state index in [0.717, 1.165) is 37.0 Å². The molecule has 0 spiro atoms. The lowest BCUT2D eigenvalue weighted by Gasteiger charge is -2.16. The summed E-state index contributed by atoms with van der Waals surface area (Å²) in [6.45, 7) is -0.0632. The highest BCUT2D eigenvalue weighted by molar-refractivity contribution is 7.12. The fourth-order valence-electron chi connectivity index (χ4n) is 2.35. The van der Waals surface area contributed by atoms with Crippen molar-refractivity contribution in [3.63, 3.8) is 0 Å². The fourth-order valence-corrected chi connectivity index (χ4v) is 3.01. The molecule has 1 fully saturated rings. The Balaban J connectivity index is 1.74. The summed E-state index contributed by atoms with van der Waals surface area (Å²) < 4.78 is 5.31. The highest BCUT2D eigenvalue weighted by Gasteiger charge is 2.15. The van der Waals surface area contributed by atoms with Gasteiger partial charge < -0.3 is 15.2 Å². The van der Waals surface area contributed by atoms with Gasteiger partial charge in [0.2, 0.25) is 0 Å². The van der Waals surface area contributed by atoms with Crippen LogP contribution in [-0.2, 0) is 4.79 Å². The van der Waals surface area contributed by atoms with Gasteiger partial charge >= 0.3 is 5.97 Å². The van der Waals surface area contributed by atoms with E-state index in [4.69, 9.17) is 9.84 Å². The van der Waals surface area contributed by atoms with Crippen molar-refractivity contribution in [2.75, 3.05) is 6.61 Å². The number of aromatic carboxylic acids is 1. The highest BCUT2D eigenvalue weighted by atomic mass is 32.1. The largest absolute Gasteiger partial charge is 0.483 e. The molecule has 0 atom stereocenters. The van der Waals surface area contributed by atoms with Gasteiger partial charge in [-0.05, 0) is 12.8 Å². The predicted molar refractivity (Wildman–Crippen MR) is 76.4 cm³/mol. The molecule has 0 bridgehead atoms. The van der Waals surface area contributed by atoms with Gasteiger partial charge in [-0.3, -0.25) is 4.79 Å². The third kappa shape index (κ3) is 4.52. The number of carbonyl (C=O) groups excluding carboxylic acids is 1. The summed E-state index contributed by atoms with van der Waals surface area (Å²) >= 11 is 1.09. The highest BCUT2D eigenvalue weighted by Crippen LogP contribution is 2.21. The number of hydrogen-bond donors (Lipinski definition) is 2. The Bertz CT molecular complexity index is 463. The van der Waals surface area contributed by atoms with E-state index in [9.17, 15) is 9.59 Å². The lowest BCUT2D eigenvalue weighted by Crippen LogP contribution is -2.37. The summed E-state index contributed by atoms with van der Waals surface area (Å²) in [6.07, 6.45) is 6.89. The quantitative estimate of drug-likeness (QED) is 0.819. The second-order valence-corrected chi connectivity index (χ2v) is 5.91. The van der Waals surface area contributed by atoms with Crippen molar-refractivity contribution in [1.82, 2.24) is 5.32 Å². The van der Waals surface area contributed by atoms with Gasteiger partial charge in [0, 0.05) is 17.5 Å². The van der Waals surface area contributed by atoms with Crippen LogP contribution in [-0.4, -0.2) is 29.6 Å². The van der Waals surface area contributed by atoms with Crippen LogP contribution in [0.25, 0.3) is 0 Å². The maximum Gasteiger partial charge on any atom is 0.346 e. The monoisotopic (exact) mass is 297 g/mol. The number of rotatable bonds is 5. The van der Waals surface area contributed by atoms with Crippen molar-refractivity contribution >= 4 is 23.2 Å². The molecule has 0 aromatic carbocycles. The molecule has 20 heavy (non-hydrogen) atoms. The molecule has 2 N–H and O–H groups in total. The smallest absolute Gasteiger partial charge is 0.346 e. The molecule has 110 valence electrons. The molecule has 5 nitrogen and oxygen atoms in total. The Morgan fingerprint density at radius 2 is 2.00 bits per heavy atom. The predicted octanol–water partition coefficient (Wildman–Crippen LogP) is 2.66. The number of ether oxygens (including phenoxy) is 1. The SMILES string of the molecule is O=C(COc1csc(C(=O)O)c1)NC1CCCCCC1. The van der Waals surface area contributed by atoms with Gasteiger partial charge in [-0.1, -0.05) is 25.7 Å². The van der Waals surface area contributed by atoms with Crippen LogP contribution in [0, 0.1) is 0 Å². The molecule has 1 heterocycles. The minimum absolute atomic E-state index is 0.0632. The van der Waals surface area contributed by atoms with Crippen LogP contribution >= 0.6 is 11.3 Å². The summed E-state index contributed by atoms with van der Waals surface area (Å²) in [5.41, 5.74) is 0. The van der Waals surface area contributed by atoms with Crippen LogP contribution in [0.4, 0.5) is 0 Å². The standard InChI is InChI=1S/C14H19NO4S/c16-13(15-10-5-3-1-2-4-6-10)8-19-11-7-12(14(17)18)20-9-11/h7,9-10H,1-6,8H2,(H,15,16)(H,17,18). The molecule has 1 amide bonds. The fraction of sp³-hybridized carbons (Fsp3) is 0.571. The van der Waals surface area contributed by atoms with Crippen LogP contribution in [0.15, 0.2) is 11.4 Å². The van der Waals surface area contributed by atoms with E-state index in [2.05, 4.69) is 5.32 Å². The van der Waals surface area contributed by atoms with E-state index < -0.39 is 5.97 Å². The second kappa shape index (κ2) is 7.28. The van der Waals surface area contributed by atoms with Crippen molar-refractivity contribution in [3.05, 3.63) is 16.3 Å². The Labute approximate surface area is 121 Å². The van der Waals surface area contributed by atoms with Gasteiger partial charge in [0.05, 0.1) is 0 Å². The van der Waals surface area contributed by atoms with Crippen molar-refractivity contribution in [2.45, 2.75) is 44.6 Å². The zero-order valence-corrected chi connectivity index (χ0v) is 12.1. The van der Waals surface area contributed by atoms with Crippen LogP contribution < -0.4 is 10.1 Å². The molecule has 1 aliphatic rings.